The van der Waals surface area contributed by atoms with E-state index in [1.54, 1.807) is 6.07 Å². The molecule has 0 radical (unpaired) electrons. The molecular weight excluding hydrogens is 278 g/mol. The van der Waals surface area contributed by atoms with Gasteiger partial charge in [0.25, 0.3) is 5.56 Å². The summed E-state index contributed by atoms with van der Waals surface area (Å²) in [5, 5.41) is 9.14. The smallest absolute Gasteiger partial charge is 0.341 e. The van der Waals surface area contributed by atoms with Gasteiger partial charge in [0.2, 0.25) is 0 Å². The Morgan fingerprint density at radius 3 is 2.45 bits per heavy atom. The van der Waals surface area contributed by atoms with Gasteiger partial charge in [-0.15, -0.1) is 0 Å². The van der Waals surface area contributed by atoms with E-state index in [2.05, 4.69) is 6.58 Å². The van der Waals surface area contributed by atoms with Gasteiger partial charge in [-0.25, -0.2) is 4.79 Å². The number of aromatic carboxylic acids is 1. The van der Waals surface area contributed by atoms with Crippen LogP contribution in [0.5, 0.6) is 0 Å². The number of rotatable bonds is 4. The number of hydrogen-bond acceptors (Lipinski definition) is 2. The quantitative estimate of drug-likeness (QED) is 0.880. The number of aryl methyl sites for hydroxylation is 2. The predicted octanol–water partition coefficient (Wildman–Crippen LogP) is 3.41. The van der Waals surface area contributed by atoms with E-state index < -0.39 is 11.5 Å². The number of carbonyl (C=O) groups is 1. The normalized spacial score (nSPS) is 10.5. The molecule has 114 valence electrons. The van der Waals surface area contributed by atoms with Gasteiger partial charge in [0.15, 0.2) is 0 Å². The van der Waals surface area contributed by atoms with Crippen LogP contribution in [0, 0.1) is 13.8 Å². The Labute approximate surface area is 129 Å². The first-order chi connectivity index (χ1) is 10.3. The Kier molecular flexibility index (Phi) is 4.31. The summed E-state index contributed by atoms with van der Waals surface area (Å²) in [6.45, 7) is 9.92. The average molecular weight is 297 g/mol. The molecule has 2 rings (SSSR count). The lowest BCUT2D eigenvalue weighted by molar-refractivity contribution is 0.0694. The van der Waals surface area contributed by atoms with Crippen molar-refractivity contribution < 1.29 is 9.90 Å². The van der Waals surface area contributed by atoms with E-state index in [-0.39, 0.29) is 5.56 Å². The molecule has 0 amide bonds. The van der Waals surface area contributed by atoms with Crippen molar-refractivity contribution in [1.82, 2.24) is 4.57 Å². The van der Waals surface area contributed by atoms with Gasteiger partial charge in [0.05, 0.1) is 5.69 Å². The Bertz CT molecular complexity index is 816. The standard InChI is InChI=1S/C18H19NO3/c1-11(2)10-19-16(8-7-15(17(19)20)18(21)22)14-6-5-12(3)9-13(14)4/h5-9H,1,10H2,2-4H3,(H,21,22). The van der Waals surface area contributed by atoms with Gasteiger partial charge >= 0.3 is 5.97 Å². The van der Waals surface area contributed by atoms with Crippen LogP contribution in [-0.4, -0.2) is 15.6 Å². The maximum Gasteiger partial charge on any atom is 0.341 e. The highest BCUT2D eigenvalue weighted by atomic mass is 16.4. The van der Waals surface area contributed by atoms with Crippen LogP contribution in [0.25, 0.3) is 11.3 Å². The average Bonchev–Trinajstić information content (AvgIpc) is 2.40. The zero-order valence-corrected chi connectivity index (χ0v) is 13.0. The van der Waals surface area contributed by atoms with Crippen molar-refractivity contribution in [2.24, 2.45) is 0 Å². The van der Waals surface area contributed by atoms with Crippen LogP contribution in [0.2, 0.25) is 0 Å². The second-order valence-corrected chi connectivity index (χ2v) is 5.60. The molecule has 1 aromatic carbocycles. The predicted molar refractivity (Wildman–Crippen MR) is 87.4 cm³/mol. The molecule has 0 aliphatic carbocycles. The maximum atomic E-state index is 12.5. The van der Waals surface area contributed by atoms with Crippen LogP contribution in [0.4, 0.5) is 0 Å². The Morgan fingerprint density at radius 2 is 1.91 bits per heavy atom. The van der Waals surface area contributed by atoms with E-state index in [9.17, 15) is 9.59 Å². The Hall–Kier alpha value is -2.62. The van der Waals surface area contributed by atoms with Crippen LogP contribution in [0.1, 0.15) is 28.4 Å². The van der Waals surface area contributed by atoms with Crippen molar-refractivity contribution in [3.63, 3.8) is 0 Å². The molecule has 0 unspecified atom stereocenters. The Balaban J connectivity index is 2.75. The molecule has 0 saturated carbocycles. The van der Waals surface area contributed by atoms with Crippen molar-refractivity contribution in [2.75, 3.05) is 0 Å². The van der Waals surface area contributed by atoms with Gasteiger partial charge in [0, 0.05) is 12.1 Å². The van der Waals surface area contributed by atoms with Crippen LogP contribution in [0.15, 0.2) is 47.3 Å². The number of carboxylic acids is 1. The van der Waals surface area contributed by atoms with E-state index in [1.165, 1.54) is 10.6 Å². The van der Waals surface area contributed by atoms with Crippen LogP contribution >= 0.6 is 0 Å². The molecule has 0 aliphatic rings. The van der Waals surface area contributed by atoms with E-state index in [0.717, 1.165) is 22.3 Å². The zero-order valence-electron chi connectivity index (χ0n) is 13.0. The van der Waals surface area contributed by atoms with Crippen LogP contribution in [0.3, 0.4) is 0 Å². The highest BCUT2D eigenvalue weighted by Crippen LogP contribution is 2.24. The first-order valence-corrected chi connectivity index (χ1v) is 7.00. The number of nitrogens with zero attached hydrogens (tertiary/aromatic N) is 1. The largest absolute Gasteiger partial charge is 0.477 e. The fourth-order valence-electron chi connectivity index (χ4n) is 2.50. The van der Waals surface area contributed by atoms with Gasteiger partial charge in [-0.05, 0) is 38.5 Å². The van der Waals surface area contributed by atoms with Gasteiger partial charge in [-0.1, -0.05) is 35.9 Å². The summed E-state index contributed by atoms with van der Waals surface area (Å²) in [7, 11) is 0. The lowest BCUT2D eigenvalue weighted by Gasteiger charge is -2.16. The summed E-state index contributed by atoms with van der Waals surface area (Å²) in [6.07, 6.45) is 0. The molecular formula is C18H19NO3. The summed E-state index contributed by atoms with van der Waals surface area (Å²) < 4.78 is 1.48. The third-order valence-corrected chi connectivity index (χ3v) is 3.49. The SMILES string of the molecule is C=C(C)Cn1c(-c2ccc(C)cc2C)ccc(C(=O)O)c1=O. The number of hydrogen-bond donors (Lipinski definition) is 1. The molecule has 0 spiro atoms. The monoisotopic (exact) mass is 297 g/mol. The molecule has 0 fully saturated rings. The highest BCUT2D eigenvalue weighted by Gasteiger charge is 2.16. The summed E-state index contributed by atoms with van der Waals surface area (Å²) in [5.41, 5.74) is 3.85. The lowest BCUT2D eigenvalue weighted by atomic mass is 10.0. The van der Waals surface area contributed by atoms with E-state index in [1.807, 2.05) is 39.0 Å². The Morgan fingerprint density at radius 1 is 1.23 bits per heavy atom. The van der Waals surface area contributed by atoms with Crippen LogP contribution in [-0.2, 0) is 6.54 Å². The van der Waals surface area contributed by atoms with Crippen LogP contribution < -0.4 is 5.56 Å². The lowest BCUT2D eigenvalue weighted by Crippen LogP contribution is -2.28. The molecule has 0 saturated heterocycles. The molecule has 1 N–H and O–H groups in total. The van der Waals surface area contributed by atoms with Crippen molar-refractivity contribution in [1.29, 1.82) is 0 Å². The third-order valence-electron chi connectivity index (χ3n) is 3.49. The molecule has 0 atom stereocenters. The van der Waals surface area contributed by atoms with Crippen molar-refractivity contribution >= 4 is 5.97 Å². The molecule has 4 heteroatoms. The van der Waals surface area contributed by atoms with Crippen molar-refractivity contribution in [3.8, 4) is 11.3 Å². The highest BCUT2D eigenvalue weighted by molar-refractivity contribution is 5.87. The molecule has 0 bridgehead atoms. The minimum atomic E-state index is -1.22. The number of pyridine rings is 1. The van der Waals surface area contributed by atoms with Crippen molar-refractivity contribution in [3.05, 3.63) is 69.5 Å². The molecule has 1 aromatic heterocycles. The second-order valence-electron chi connectivity index (χ2n) is 5.60. The summed E-state index contributed by atoms with van der Waals surface area (Å²) in [6, 6.07) is 9.02. The molecule has 22 heavy (non-hydrogen) atoms. The summed E-state index contributed by atoms with van der Waals surface area (Å²) in [4.78, 5) is 23.6. The molecule has 4 nitrogen and oxygen atoms in total. The number of aromatic nitrogens is 1. The van der Waals surface area contributed by atoms with E-state index in [4.69, 9.17) is 5.11 Å². The molecule has 1 heterocycles. The summed E-state index contributed by atoms with van der Waals surface area (Å²) in [5.74, 6) is -1.22. The van der Waals surface area contributed by atoms with E-state index >= 15 is 0 Å². The summed E-state index contributed by atoms with van der Waals surface area (Å²) >= 11 is 0. The third kappa shape index (κ3) is 3.01. The van der Waals surface area contributed by atoms with Crippen molar-refractivity contribution in [2.45, 2.75) is 27.3 Å². The number of benzene rings is 1. The van der Waals surface area contributed by atoms with Gasteiger partial charge < -0.3 is 9.67 Å². The topological polar surface area (TPSA) is 59.3 Å². The maximum absolute atomic E-state index is 12.5. The zero-order chi connectivity index (χ0) is 16.4. The fourth-order valence-corrected chi connectivity index (χ4v) is 2.50. The van der Waals surface area contributed by atoms with Gasteiger partial charge in [-0.2, -0.15) is 0 Å². The first-order valence-electron chi connectivity index (χ1n) is 7.00. The minimum absolute atomic E-state index is 0.227. The number of allylic oxidation sites excluding steroid dienone is 1. The molecule has 2 aromatic rings. The molecule has 0 aliphatic heterocycles. The van der Waals surface area contributed by atoms with Gasteiger partial charge in [0.1, 0.15) is 5.56 Å². The van der Waals surface area contributed by atoms with E-state index in [0.29, 0.717) is 12.2 Å². The minimum Gasteiger partial charge on any atom is -0.477 e. The second kappa shape index (κ2) is 6.02. The van der Waals surface area contributed by atoms with Gasteiger partial charge in [-0.3, -0.25) is 4.79 Å². The fraction of sp³-hybridized carbons (Fsp3) is 0.222. The first kappa shape index (κ1) is 15.8. The number of carboxylic acid groups (broad SMARTS) is 1.